The lowest BCUT2D eigenvalue weighted by Crippen LogP contribution is -2.05. The fraction of sp³-hybridized carbons (Fsp3) is 0.333. The molecule has 1 aromatic rings. The van der Waals surface area contributed by atoms with Gasteiger partial charge in [-0.05, 0) is 24.6 Å². The van der Waals surface area contributed by atoms with Gasteiger partial charge in [0.2, 0.25) is 0 Å². The summed E-state index contributed by atoms with van der Waals surface area (Å²) < 4.78 is 60.6. The zero-order valence-corrected chi connectivity index (χ0v) is 9.42. The molecule has 0 aliphatic carbocycles. The minimum absolute atomic E-state index is 0.158. The highest BCUT2D eigenvalue weighted by molar-refractivity contribution is 8.45. The van der Waals surface area contributed by atoms with Gasteiger partial charge in [-0.15, -0.1) is 0 Å². The lowest BCUT2D eigenvalue weighted by Gasteiger charge is -2.40. The second kappa shape index (κ2) is 3.37. The zero-order chi connectivity index (χ0) is 12.4. The molecule has 0 saturated heterocycles. The van der Waals surface area contributed by atoms with E-state index in [1.165, 1.54) is 13.0 Å². The number of benzene rings is 1. The van der Waals surface area contributed by atoms with Crippen LogP contribution in [-0.4, -0.2) is 0 Å². The van der Waals surface area contributed by atoms with E-state index >= 15 is 0 Å². The predicted octanol–water partition coefficient (Wildman–Crippen LogP) is 5.68. The minimum Gasteiger partial charge on any atom is -0.0936 e. The number of rotatable bonds is 1. The second-order valence-electron chi connectivity index (χ2n) is 2.79. The first-order valence-corrected chi connectivity index (χ1v) is 6.25. The summed E-state index contributed by atoms with van der Waals surface area (Å²) >= 11 is 0. The van der Waals surface area contributed by atoms with Crippen molar-refractivity contribution in [2.75, 3.05) is 0 Å². The van der Waals surface area contributed by atoms with Crippen molar-refractivity contribution in [2.45, 2.75) is 25.7 Å². The SMILES string of the molecule is CC.Cc1cccc(S(F)(F)(F)(F)F)c1. The Morgan fingerprint density at radius 1 is 0.933 bits per heavy atom. The molecule has 0 radical (unpaired) electrons. The van der Waals surface area contributed by atoms with Crippen LogP contribution in [0.1, 0.15) is 19.4 Å². The molecule has 0 aromatic heterocycles. The molecule has 0 fully saturated rings. The summed E-state index contributed by atoms with van der Waals surface area (Å²) in [5.41, 5.74) is 0.158. The average molecular weight is 248 g/mol. The summed E-state index contributed by atoms with van der Waals surface area (Å²) in [6.07, 6.45) is 0. The van der Waals surface area contributed by atoms with E-state index in [1.807, 2.05) is 13.8 Å². The molecule has 15 heavy (non-hydrogen) atoms. The molecular weight excluding hydrogens is 235 g/mol. The van der Waals surface area contributed by atoms with Crippen molar-refractivity contribution in [3.63, 3.8) is 0 Å². The van der Waals surface area contributed by atoms with E-state index in [0.29, 0.717) is 12.1 Å². The van der Waals surface area contributed by atoms with E-state index in [-0.39, 0.29) is 5.56 Å². The van der Waals surface area contributed by atoms with Gasteiger partial charge in [-0.1, -0.05) is 45.4 Å². The fourth-order valence-corrected chi connectivity index (χ4v) is 1.60. The molecule has 0 aliphatic heterocycles. The quantitative estimate of drug-likeness (QED) is 0.561. The van der Waals surface area contributed by atoms with Crippen molar-refractivity contribution in [2.24, 2.45) is 0 Å². The van der Waals surface area contributed by atoms with Gasteiger partial charge < -0.3 is 0 Å². The third-order valence-electron chi connectivity index (χ3n) is 1.43. The Morgan fingerprint density at radius 2 is 1.40 bits per heavy atom. The van der Waals surface area contributed by atoms with Gasteiger partial charge in [0.15, 0.2) is 0 Å². The standard InChI is InChI=1S/C7H7F5S.C2H6/c1-6-3-2-4-7(5-6)13(8,9,10,11)12;1-2/h2-5H,1H3;1-2H3. The molecule has 0 unspecified atom stereocenters. The molecule has 0 N–H and O–H groups in total. The number of aryl methyl sites for hydroxylation is 1. The third kappa shape index (κ3) is 4.51. The zero-order valence-electron chi connectivity index (χ0n) is 8.61. The highest BCUT2D eigenvalue weighted by Crippen LogP contribution is 3.02. The summed E-state index contributed by atoms with van der Waals surface area (Å²) in [6.45, 7) is 5.33. The predicted molar refractivity (Wildman–Crippen MR) is 53.9 cm³/mol. The number of halogens is 5. The summed E-state index contributed by atoms with van der Waals surface area (Å²) in [5, 5.41) is 0. The van der Waals surface area contributed by atoms with E-state index in [9.17, 15) is 19.4 Å². The van der Waals surface area contributed by atoms with Gasteiger partial charge in [-0.2, -0.15) is 0 Å². The Morgan fingerprint density at radius 3 is 1.67 bits per heavy atom. The molecule has 0 amide bonds. The van der Waals surface area contributed by atoms with Crippen LogP contribution >= 0.6 is 10.2 Å². The molecule has 0 saturated carbocycles. The van der Waals surface area contributed by atoms with Gasteiger partial charge in [-0.25, -0.2) is 0 Å². The molecule has 1 aromatic carbocycles. The minimum atomic E-state index is -9.46. The van der Waals surface area contributed by atoms with Gasteiger partial charge in [0, 0.05) is 0 Å². The normalized spacial score (nSPS) is 15.7. The van der Waals surface area contributed by atoms with Gasteiger partial charge in [-0.3, -0.25) is 0 Å². The molecule has 6 heteroatoms. The molecule has 0 heterocycles. The maximum Gasteiger partial charge on any atom is 0.310 e. The van der Waals surface area contributed by atoms with E-state index in [4.69, 9.17) is 0 Å². The van der Waals surface area contributed by atoms with Crippen molar-refractivity contribution in [1.29, 1.82) is 0 Å². The summed E-state index contributed by atoms with van der Waals surface area (Å²) in [5.74, 6) is 0. The first-order chi connectivity index (χ1) is 6.49. The van der Waals surface area contributed by atoms with Crippen molar-refractivity contribution in [1.82, 2.24) is 0 Å². The van der Waals surface area contributed by atoms with Gasteiger partial charge in [0.05, 0.1) is 0 Å². The van der Waals surface area contributed by atoms with Crippen LogP contribution in [0.5, 0.6) is 0 Å². The van der Waals surface area contributed by atoms with Gasteiger partial charge in [0.25, 0.3) is 0 Å². The Bertz CT molecular complexity index is 340. The fourth-order valence-electron chi connectivity index (χ4n) is 0.855. The van der Waals surface area contributed by atoms with Crippen molar-refractivity contribution >= 4 is 10.2 Å². The first kappa shape index (κ1) is 14.2. The molecule has 0 atom stereocenters. The Labute approximate surface area is 85.8 Å². The van der Waals surface area contributed by atoms with E-state index < -0.39 is 15.1 Å². The molecule has 0 spiro atoms. The molecule has 1 rings (SSSR count). The summed E-state index contributed by atoms with van der Waals surface area (Å²) in [6, 6.07) is 3.12. The molecule has 0 nitrogen and oxygen atoms in total. The van der Waals surface area contributed by atoms with Crippen LogP contribution in [0.25, 0.3) is 0 Å². The third-order valence-corrected chi connectivity index (χ3v) is 2.58. The molecule has 90 valence electrons. The molecular formula is C9H13F5S. The van der Waals surface area contributed by atoms with Crippen LogP contribution in [0.4, 0.5) is 19.4 Å². The lowest BCUT2D eigenvalue weighted by atomic mass is 10.2. The van der Waals surface area contributed by atoms with Crippen LogP contribution in [-0.2, 0) is 0 Å². The Hall–Kier alpha value is -0.780. The van der Waals surface area contributed by atoms with Crippen LogP contribution in [0, 0.1) is 6.92 Å². The maximum absolute atomic E-state index is 12.1. The largest absolute Gasteiger partial charge is 0.310 e. The Balaban J connectivity index is 0.000000921. The van der Waals surface area contributed by atoms with Crippen LogP contribution in [0.15, 0.2) is 29.2 Å². The highest BCUT2D eigenvalue weighted by Gasteiger charge is 2.65. The van der Waals surface area contributed by atoms with E-state index in [0.717, 1.165) is 6.07 Å². The van der Waals surface area contributed by atoms with Crippen molar-refractivity contribution < 1.29 is 19.4 Å². The number of hydrogen-bond acceptors (Lipinski definition) is 0. The van der Waals surface area contributed by atoms with E-state index in [2.05, 4.69) is 0 Å². The van der Waals surface area contributed by atoms with Crippen LogP contribution < -0.4 is 0 Å². The average Bonchev–Trinajstić information content (AvgIpc) is 2.04. The van der Waals surface area contributed by atoms with Crippen molar-refractivity contribution in [3.8, 4) is 0 Å². The van der Waals surface area contributed by atoms with Gasteiger partial charge in [0.1, 0.15) is 4.90 Å². The smallest absolute Gasteiger partial charge is 0.0936 e. The van der Waals surface area contributed by atoms with Crippen LogP contribution in [0.2, 0.25) is 0 Å². The lowest BCUT2D eigenvalue weighted by molar-refractivity contribution is 0.364. The van der Waals surface area contributed by atoms with E-state index in [1.54, 1.807) is 0 Å². The maximum atomic E-state index is 12.1. The summed E-state index contributed by atoms with van der Waals surface area (Å²) in [4.78, 5) is -1.83. The van der Waals surface area contributed by atoms with Crippen LogP contribution in [0.3, 0.4) is 0 Å². The first-order valence-electron chi connectivity index (χ1n) is 4.30. The number of hydrogen-bond donors (Lipinski definition) is 0. The van der Waals surface area contributed by atoms with Crippen molar-refractivity contribution in [3.05, 3.63) is 29.8 Å². The topological polar surface area (TPSA) is 0 Å². The highest BCUT2D eigenvalue weighted by atomic mass is 32.5. The summed E-state index contributed by atoms with van der Waals surface area (Å²) in [7, 11) is -9.46. The molecule has 0 bridgehead atoms. The Kier molecular flexibility index (Phi) is 3.19. The monoisotopic (exact) mass is 248 g/mol. The second-order valence-corrected chi connectivity index (χ2v) is 5.19. The molecule has 0 aliphatic rings. The van der Waals surface area contributed by atoms with Gasteiger partial charge >= 0.3 is 10.2 Å².